The average molecular weight is 457 g/mol. The average Bonchev–Trinajstić information content (AvgIpc) is 2.78. The maximum absolute atomic E-state index is 12.7. The van der Waals surface area contributed by atoms with Crippen LogP contribution in [0.3, 0.4) is 0 Å². The number of nitrogens with zero attached hydrogens (tertiary/aromatic N) is 2. The lowest BCUT2D eigenvalue weighted by molar-refractivity contribution is 0.0835. The van der Waals surface area contributed by atoms with Gasteiger partial charge in [0.25, 0.3) is 10.0 Å². The number of sulfonamides is 1. The van der Waals surface area contributed by atoms with E-state index in [9.17, 15) is 8.42 Å². The van der Waals surface area contributed by atoms with E-state index in [1.807, 2.05) is 6.07 Å². The van der Waals surface area contributed by atoms with Gasteiger partial charge in [0.1, 0.15) is 0 Å². The molecule has 31 heavy (non-hydrogen) atoms. The number of aliphatic imine (C=N–C) groups is 1. The number of nitrogens with one attached hydrogen (secondary N) is 1. The number of nitrogens with two attached hydrogens (primary N) is 1. The highest BCUT2D eigenvalue weighted by Crippen LogP contribution is 2.43. The Hall–Kier alpha value is -2.29. The second-order valence-corrected chi connectivity index (χ2v) is 10.2. The summed E-state index contributed by atoms with van der Waals surface area (Å²) < 4.78 is 27.7. The van der Waals surface area contributed by atoms with Crippen LogP contribution in [0.25, 0.3) is 0 Å². The minimum Gasteiger partial charge on any atom is -0.390 e. The molecule has 1 heterocycles. The first-order chi connectivity index (χ1) is 15.0. The molecule has 2 atom stereocenters. The van der Waals surface area contributed by atoms with Crippen molar-refractivity contribution in [1.29, 1.82) is 0 Å². The van der Waals surface area contributed by atoms with Gasteiger partial charge in [0.2, 0.25) is 5.11 Å². The topological polar surface area (TPSA) is 87.8 Å². The Morgan fingerprint density at radius 2 is 1.87 bits per heavy atom. The van der Waals surface area contributed by atoms with Crippen LogP contribution in [0, 0.1) is 0 Å². The van der Waals surface area contributed by atoms with Gasteiger partial charge in [0, 0.05) is 12.1 Å². The molecule has 0 bridgehead atoms. The summed E-state index contributed by atoms with van der Waals surface area (Å²) in [4.78, 5) is 6.46. The summed E-state index contributed by atoms with van der Waals surface area (Å²) in [5.74, 6) is 0. The van der Waals surface area contributed by atoms with Crippen molar-refractivity contribution in [3.05, 3.63) is 65.2 Å². The number of piperidine rings is 1. The predicted octanol–water partition coefficient (Wildman–Crippen LogP) is 3.84. The van der Waals surface area contributed by atoms with Crippen LogP contribution in [0.2, 0.25) is 0 Å². The molecular weight excluding hydrogens is 428 g/mol. The first kappa shape index (κ1) is 21.9. The number of likely N-dealkylation sites (tertiary alicyclic amines) is 1. The zero-order valence-corrected chi connectivity index (χ0v) is 19.0. The van der Waals surface area contributed by atoms with Crippen LogP contribution < -0.4 is 10.5 Å². The fraction of sp³-hybridized carbons (Fsp3) is 0.391. The van der Waals surface area contributed by atoms with E-state index < -0.39 is 10.0 Å². The van der Waals surface area contributed by atoms with Crippen LogP contribution in [0.5, 0.6) is 0 Å². The molecule has 1 fully saturated rings. The third kappa shape index (κ3) is 4.81. The Morgan fingerprint density at radius 1 is 1.10 bits per heavy atom. The van der Waals surface area contributed by atoms with Crippen LogP contribution in [-0.4, -0.2) is 31.3 Å². The number of hydrogen-bond donors (Lipinski definition) is 2. The van der Waals surface area contributed by atoms with E-state index in [2.05, 4.69) is 44.9 Å². The molecule has 8 heteroatoms. The Labute approximate surface area is 189 Å². The van der Waals surface area contributed by atoms with Crippen molar-refractivity contribution in [2.45, 2.75) is 55.5 Å². The first-order valence-corrected chi connectivity index (χ1v) is 12.6. The fourth-order valence-corrected chi connectivity index (χ4v) is 6.24. The standard InChI is InChI=1S/C23H28N4O2S2/c24-16-25-23(30)26-31(28,29)19-12-13-20-18(15-19)9-6-11-22(20)27-14-5-4-10-21(27)17-7-2-1-3-8-17/h1-3,7-8,12-13,15-16,21-22H,4-6,9-11,14H2,(H3,24,25,26,30)/t21-,22+/m1/s1. The van der Waals surface area contributed by atoms with E-state index in [1.165, 1.54) is 24.0 Å². The van der Waals surface area contributed by atoms with E-state index in [1.54, 1.807) is 12.1 Å². The molecule has 4 rings (SSSR count). The molecule has 0 spiro atoms. The van der Waals surface area contributed by atoms with E-state index in [0.29, 0.717) is 12.1 Å². The minimum atomic E-state index is -3.79. The molecule has 0 radical (unpaired) electrons. The molecule has 3 N–H and O–H groups in total. The summed E-state index contributed by atoms with van der Waals surface area (Å²) in [6.07, 6.45) is 7.59. The number of benzene rings is 2. The van der Waals surface area contributed by atoms with Gasteiger partial charge in [-0.3, -0.25) is 9.62 Å². The number of thiocarbonyl (C=S) groups is 1. The van der Waals surface area contributed by atoms with Crippen LogP contribution in [0.15, 0.2) is 58.4 Å². The largest absolute Gasteiger partial charge is 0.390 e. The van der Waals surface area contributed by atoms with E-state index >= 15 is 0 Å². The summed E-state index contributed by atoms with van der Waals surface area (Å²) >= 11 is 4.91. The fourth-order valence-electron chi connectivity index (χ4n) is 4.90. The van der Waals surface area contributed by atoms with Gasteiger partial charge in [-0.15, -0.1) is 0 Å². The summed E-state index contributed by atoms with van der Waals surface area (Å²) in [6, 6.07) is 16.9. The first-order valence-electron chi connectivity index (χ1n) is 10.7. The Morgan fingerprint density at radius 3 is 2.65 bits per heavy atom. The molecule has 2 aromatic carbocycles. The second-order valence-electron chi connectivity index (χ2n) is 8.12. The maximum Gasteiger partial charge on any atom is 0.263 e. The molecular formula is C23H28N4O2S2. The predicted molar refractivity (Wildman–Crippen MR) is 127 cm³/mol. The number of rotatable bonds is 4. The van der Waals surface area contributed by atoms with Gasteiger partial charge in [-0.25, -0.2) is 13.4 Å². The molecule has 0 saturated carbocycles. The summed E-state index contributed by atoms with van der Waals surface area (Å²) in [6.45, 7) is 1.07. The second kappa shape index (κ2) is 9.46. The van der Waals surface area contributed by atoms with Crippen LogP contribution in [0.4, 0.5) is 0 Å². The van der Waals surface area contributed by atoms with Crippen LogP contribution in [-0.2, 0) is 16.4 Å². The lowest BCUT2D eigenvalue weighted by Gasteiger charge is -2.44. The van der Waals surface area contributed by atoms with E-state index in [-0.39, 0.29) is 10.0 Å². The molecule has 1 aliphatic carbocycles. The highest BCUT2D eigenvalue weighted by molar-refractivity contribution is 7.91. The van der Waals surface area contributed by atoms with Gasteiger partial charge in [0.15, 0.2) is 0 Å². The minimum absolute atomic E-state index is 0.169. The van der Waals surface area contributed by atoms with Crippen molar-refractivity contribution in [1.82, 2.24) is 9.62 Å². The molecule has 1 aliphatic heterocycles. The van der Waals surface area contributed by atoms with Crippen molar-refractivity contribution < 1.29 is 8.42 Å². The molecule has 0 aromatic heterocycles. The zero-order valence-electron chi connectivity index (χ0n) is 17.4. The molecule has 0 unspecified atom stereocenters. The molecule has 1 saturated heterocycles. The molecule has 6 nitrogen and oxygen atoms in total. The smallest absolute Gasteiger partial charge is 0.263 e. The zero-order chi connectivity index (χ0) is 21.8. The van der Waals surface area contributed by atoms with Crippen LogP contribution in [0.1, 0.15) is 60.9 Å². The van der Waals surface area contributed by atoms with Crippen molar-refractivity contribution in [2.75, 3.05) is 6.54 Å². The highest BCUT2D eigenvalue weighted by Gasteiger charge is 2.33. The lowest BCUT2D eigenvalue weighted by atomic mass is 9.83. The van der Waals surface area contributed by atoms with Crippen molar-refractivity contribution in [2.24, 2.45) is 10.7 Å². The Bertz CT molecular complexity index is 1070. The number of fused-ring (bicyclic) bond motifs is 1. The van der Waals surface area contributed by atoms with Gasteiger partial charge in [-0.2, -0.15) is 0 Å². The number of aryl methyl sites for hydroxylation is 1. The van der Waals surface area contributed by atoms with Gasteiger partial charge in [0.05, 0.1) is 11.2 Å². The molecule has 2 aliphatic rings. The van der Waals surface area contributed by atoms with E-state index in [0.717, 1.165) is 44.1 Å². The normalized spacial score (nSPS) is 22.2. The highest BCUT2D eigenvalue weighted by atomic mass is 32.2. The third-order valence-corrected chi connectivity index (χ3v) is 7.92. The van der Waals surface area contributed by atoms with Crippen LogP contribution >= 0.6 is 12.2 Å². The van der Waals surface area contributed by atoms with Gasteiger partial charge >= 0.3 is 0 Å². The van der Waals surface area contributed by atoms with Crippen molar-refractivity contribution >= 4 is 33.7 Å². The molecule has 164 valence electrons. The van der Waals surface area contributed by atoms with Gasteiger partial charge in [-0.1, -0.05) is 42.8 Å². The molecule has 0 amide bonds. The SMILES string of the molecule is N/C=N\C(=S)NS(=O)(=O)c1ccc2c(c1)CCC[C@@H]2N1CCCC[C@@H]1c1ccccc1. The third-order valence-electron chi connectivity index (χ3n) is 6.25. The number of hydrogen-bond acceptors (Lipinski definition) is 4. The quantitative estimate of drug-likeness (QED) is 0.415. The Kier molecular flexibility index (Phi) is 6.69. The molecule has 2 aromatic rings. The summed E-state index contributed by atoms with van der Waals surface area (Å²) in [5, 5.41) is -0.169. The maximum atomic E-state index is 12.7. The van der Waals surface area contributed by atoms with E-state index in [4.69, 9.17) is 18.0 Å². The van der Waals surface area contributed by atoms with Gasteiger partial charge < -0.3 is 5.73 Å². The lowest BCUT2D eigenvalue weighted by Crippen LogP contribution is -2.38. The Balaban J connectivity index is 1.63. The van der Waals surface area contributed by atoms with Gasteiger partial charge in [-0.05, 0) is 79.7 Å². The summed E-state index contributed by atoms with van der Waals surface area (Å²) in [5.41, 5.74) is 8.91. The van der Waals surface area contributed by atoms with Crippen molar-refractivity contribution in [3.8, 4) is 0 Å². The monoisotopic (exact) mass is 456 g/mol. The summed E-state index contributed by atoms with van der Waals surface area (Å²) in [7, 11) is -3.79. The van der Waals surface area contributed by atoms with Crippen molar-refractivity contribution in [3.63, 3.8) is 0 Å².